The summed E-state index contributed by atoms with van der Waals surface area (Å²) >= 11 is 0. The van der Waals surface area contributed by atoms with Crippen LogP contribution in [-0.4, -0.2) is 24.5 Å². The van der Waals surface area contributed by atoms with Crippen molar-refractivity contribution in [3.05, 3.63) is 35.9 Å². The second kappa shape index (κ2) is 3.01. The van der Waals surface area contributed by atoms with Gasteiger partial charge in [0.15, 0.2) is 0 Å². The molecule has 1 aliphatic rings. The van der Waals surface area contributed by atoms with Crippen LogP contribution in [0.25, 0.3) is 0 Å². The normalized spacial score (nSPS) is 26.4. The van der Waals surface area contributed by atoms with Crippen LogP contribution in [-0.2, 0) is 5.54 Å². The van der Waals surface area contributed by atoms with Crippen molar-refractivity contribution in [2.75, 3.05) is 13.6 Å². The van der Waals surface area contributed by atoms with Crippen molar-refractivity contribution in [3.63, 3.8) is 0 Å². The predicted molar refractivity (Wildman–Crippen MR) is 55.0 cm³/mol. The Morgan fingerprint density at radius 1 is 1.36 bits per heavy atom. The number of benzene rings is 1. The summed E-state index contributed by atoms with van der Waals surface area (Å²) in [5, 5.41) is 2.98. The van der Waals surface area contributed by atoms with E-state index in [-0.39, 0.29) is 11.6 Å². The number of hydrogen-bond donors (Lipinski definition) is 1. The summed E-state index contributed by atoms with van der Waals surface area (Å²) in [6.45, 7) is 2.76. The number of carbonyl (C=O) groups is 1. The molecular formula is C11H14N2O. The maximum absolute atomic E-state index is 11.4. The Bertz CT molecular complexity index is 350. The monoisotopic (exact) mass is 190 g/mol. The summed E-state index contributed by atoms with van der Waals surface area (Å²) in [7, 11) is 1.81. The van der Waals surface area contributed by atoms with E-state index in [2.05, 4.69) is 5.32 Å². The summed E-state index contributed by atoms with van der Waals surface area (Å²) in [4.78, 5) is 13.1. The molecule has 1 atom stereocenters. The van der Waals surface area contributed by atoms with Crippen LogP contribution in [0.5, 0.6) is 0 Å². The van der Waals surface area contributed by atoms with Gasteiger partial charge in [0.2, 0.25) is 0 Å². The zero-order chi connectivity index (χ0) is 10.2. The van der Waals surface area contributed by atoms with E-state index < -0.39 is 0 Å². The van der Waals surface area contributed by atoms with Gasteiger partial charge < -0.3 is 10.2 Å². The van der Waals surface area contributed by atoms with Gasteiger partial charge in [-0.15, -0.1) is 0 Å². The number of carbonyl (C=O) groups excluding carboxylic acids is 1. The first kappa shape index (κ1) is 9.06. The lowest BCUT2D eigenvalue weighted by atomic mass is 9.93. The van der Waals surface area contributed by atoms with Crippen LogP contribution in [0.4, 0.5) is 4.79 Å². The minimum absolute atomic E-state index is 0.00338. The first-order chi connectivity index (χ1) is 6.62. The fourth-order valence-electron chi connectivity index (χ4n) is 1.89. The maximum Gasteiger partial charge on any atom is 0.317 e. The van der Waals surface area contributed by atoms with E-state index in [4.69, 9.17) is 0 Å². The van der Waals surface area contributed by atoms with Crippen molar-refractivity contribution in [1.29, 1.82) is 0 Å². The molecule has 2 amide bonds. The molecule has 1 heterocycles. The topological polar surface area (TPSA) is 32.3 Å². The first-order valence-electron chi connectivity index (χ1n) is 4.71. The van der Waals surface area contributed by atoms with Crippen LogP contribution in [0, 0.1) is 0 Å². The van der Waals surface area contributed by atoms with E-state index in [9.17, 15) is 4.79 Å². The SMILES string of the molecule is CN1C[C@](C)(c2ccccc2)NC1=O. The molecule has 1 aliphatic heterocycles. The molecule has 0 saturated carbocycles. The molecule has 1 saturated heterocycles. The van der Waals surface area contributed by atoms with Crippen LogP contribution < -0.4 is 5.32 Å². The highest BCUT2D eigenvalue weighted by Gasteiger charge is 2.37. The van der Waals surface area contributed by atoms with Gasteiger partial charge in [0, 0.05) is 13.6 Å². The Morgan fingerprint density at radius 3 is 2.50 bits per heavy atom. The average Bonchev–Trinajstić information content (AvgIpc) is 2.44. The fraction of sp³-hybridized carbons (Fsp3) is 0.364. The summed E-state index contributed by atoms with van der Waals surface area (Å²) in [5.41, 5.74) is 0.908. The van der Waals surface area contributed by atoms with Crippen LogP contribution in [0.2, 0.25) is 0 Å². The van der Waals surface area contributed by atoms with Crippen molar-refractivity contribution >= 4 is 6.03 Å². The average molecular weight is 190 g/mol. The number of likely N-dealkylation sites (N-methyl/N-ethyl adjacent to an activating group) is 1. The summed E-state index contributed by atoms with van der Waals surface area (Å²) in [6.07, 6.45) is 0. The highest BCUT2D eigenvalue weighted by Crippen LogP contribution is 2.25. The molecule has 0 bridgehead atoms. The van der Waals surface area contributed by atoms with Gasteiger partial charge in [-0.05, 0) is 12.5 Å². The molecule has 0 unspecified atom stereocenters. The van der Waals surface area contributed by atoms with E-state index in [1.54, 1.807) is 4.90 Å². The molecular weight excluding hydrogens is 176 g/mol. The zero-order valence-corrected chi connectivity index (χ0v) is 8.45. The zero-order valence-electron chi connectivity index (χ0n) is 8.45. The van der Waals surface area contributed by atoms with Crippen LogP contribution in [0.1, 0.15) is 12.5 Å². The van der Waals surface area contributed by atoms with E-state index in [1.165, 1.54) is 0 Å². The second-order valence-electron chi connectivity index (χ2n) is 3.98. The minimum atomic E-state index is -0.243. The van der Waals surface area contributed by atoms with Crippen LogP contribution >= 0.6 is 0 Å². The lowest BCUT2D eigenvalue weighted by molar-refractivity contribution is 0.226. The van der Waals surface area contributed by atoms with Crippen molar-refractivity contribution in [2.24, 2.45) is 0 Å². The molecule has 0 aliphatic carbocycles. The molecule has 0 aromatic heterocycles. The number of urea groups is 1. The molecule has 0 radical (unpaired) electrons. The molecule has 1 aromatic carbocycles. The van der Waals surface area contributed by atoms with Gasteiger partial charge in [0.1, 0.15) is 0 Å². The molecule has 3 nitrogen and oxygen atoms in total. The number of hydrogen-bond acceptors (Lipinski definition) is 1. The van der Waals surface area contributed by atoms with Gasteiger partial charge in [-0.3, -0.25) is 0 Å². The molecule has 74 valence electrons. The number of amides is 2. The van der Waals surface area contributed by atoms with Crippen LogP contribution in [0.3, 0.4) is 0 Å². The van der Waals surface area contributed by atoms with Gasteiger partial charge in [-0.1, -0.05) is 30.3 Å². The molecule has 14 heavy (non-hydrogen) atoms. The Labute approximate surface area is 83.7 Å². The quantitative estimate of drug-likeness (QED) is 0.716. The molecule has 0 spiro atoms. The van der Waals surface area contributed by atoms with Crippen LogP contribution in [0.15, 0.2) is 30.3 Å². The summed E-state index contributed by atoms with van der Waals surface area (Å²) in [5.74, 6) is 0. The van der Waals surface area contributed by atoms with Crippen molar-refractivity contribution in [3.8, 4) is 0 Å². The first-order valence-corrected chi connectivity index (χ1v) is 4.71. The van der Waals surface area contributed by atoms with Gasteiger partial charge in [0.25, 0.3) is 0 Å². The largest absolute Gasteiger partial charge is 0.327 e. The van der Waals surface area contributed by atoms with E-state index in [1.807, 2.05) is 44.3 Å². The Balaban J connectivity index is 2.31. The highest BCUT2D eigenvalue weighted by molar-refractivity contribution is 5.77. The Kier molecular flexibility index (Phi) is 1.95. The van der Waals surface area contributed by atoms with E-state index >= 15 is 0 Å². The summed E-state index contributed by atoms with van der Waals surface area (Å²) < 4.78 is 0. The third-order valence-corrected chi connectivity index (χ3v) is 2.69. The third kappa shape index (κ3) is 1.35. The number of rotatable bonds is 1. The molecule has 1 fully saturated rings. The molecule has 3 heteroatoms. The maximum atomic E-state index is 11.4. The van der Waals surface area contributed by atoms with Gasteiger partial charge in [-0.25, -0.2) is 4.79 Å². The second-order valence-corrected chi connectivity index (χ2v) is 3.98. The lowest BCUT2D eigenvalue weighted by Gasteiger charge is -2.23. The minimum Gasteiger partial charge on any atom is -0.327 e. The standard InChI is InChI=1S/C11H14N2O/c1-11(8-13(2)10(14)12-11)9-6-4-3-5-7-9/h3-7H,8H2,1-2H3,(H,12,14)/t11-/m1/s1. The Morgan fingerprint density at radius 2 is 2.00 bits per heavy atom. The number of nitrogens with zero attached hydrogens (tertiary/aromatic N) is 1. The van der Waals surface area contributed by atoms with E-state index in [0.717, 1.165) is 12.1 Å². The lowest BCUT2D eigenvalue weighted by Crippen LogP contribution is -2.37. The molecule has 1 N–H and O–H groups in total. The fourth-order valence-corrected chi connectivity index (χ4v) is 1.89. The highest BCUT2D eigenvalue weighted by atomic mass is 16.2. The molecule has 2 rings (SSSR count). The Hall–Kier alpha value is -1.51. The smallest absolute Gasteiger partial charge is 0.317 e. The van der Waals surface area contributed by atoms with Crippen molar-refractivity contribution < 1.29 is 4.79 Å². The summed E-state index contributed by atoms with van der Waals surface area (Å²) in [6, 6.07) is 10.0. The van der Waals surface area contributed by atoms with Gasteiger partial charge in [0.05, 0.1) is 5.54 Å². The molecule has 1 aromatic rings. The van der Waals surface area contributed by atoms with Gasteiger partial charge >= 0.3 is 6.03 Å². The van der Waals surface area contributed by atoms with Crippen molar-refractivity contribution in [1.82, 2.24) is 10.2 Å². The third-order valence-electron chi connectivity index (χ3n) is 2.69. The van der Waals surface area contributed by atoms with Crippen molar-refractivity contribution in [2.45, 2.75) is 12.5 Å². The van der Waals surface area contributed by atoms with E-state index in [0.29, 0.717) is 0 Å². The number of nitrogens with one attached hydrogen (secondary N) is 1. The van der Waals surface area contributed by atoms with Gasteiger partial charge in [-0.2, -0.15) is 0 Å². The predicted octanol–water partition coefficient (Wildman–Crippen LogP) is 1.56.